The van der Waals surface area contributed by atoms with E-state index in [9.17, 15) is 4.79 Å². The Bertz CT molecular complexity index is 682. The molecular weight excluding hydrogens is 324 g/mol. The molecule has 1 unspecified atom stereocenters. The lowest BCUT2D eigenvalue weighted by Gasteiger charge is -2.14. The quantitative estimate of drug-likeness (QED) is 0.838. The maximum atomic E-state index is 12.4. The number of aromatic nitrogens is 3. The van der Waals surface area contributed by atoms with Crippen LogP contribution in [-0.2, 0) is 18.3 Å². The second kappa shape index (κ2) is 6.76. The lowest BCUT2D eigenvalue weighted by atomic mass is 10.3. The van der Waals surface area contributed by atoms with E-state index in [0.717, 1.165) is 16.4 Å². The summed E-state index contributed by atoms with van der Waals surface area (Å²) < 4.78 is 6.84. The van der Waals surface area contributed by atoms with Crippen LogP contribution in [0.5, 0.6) is 0 Å². The van der Waals surface area contributed by atoms with E-state index in [1.54, 1.807) is 30.8 Å². The molecule has 0 bridgehead atoms. The molecule has 0 saturated carbocycles. The van der Waals surface area contributed by atoms with Gasteiger partial charge >= 0.3 is 0 Å². The first kappa shape index (κ1) is 16.9. The molecular formula is C14H19ClN4O2S. The number of aryl methyl sites for hydroxylation is 1. The van der Waals surface area contributed by atoms with Crippen molar-refractivity contribution in [1.82, 2.24) is 19.7 Å². The van der Waals surface area contributed by atoms with E-state index in [1.165, 1.54) is 11.3 Å². The Morgan fingerprint density at radius 3 is 2.82 bits per heavy atom. The van der Waals surface area contributed by atoms with Crippen LogP contribution in [0.1, 0.15) is 39.9 Å². The van der Waals surface area contributed by atoms with Crippen LogP contribution < -0.4 is 0 Å². The summed E-state index contributed by atoms with van der Waals surface area (Å²) in [6, 6.07) is 0. The van der Waals surface area contributed by atoms with Crippen molar-refractivity contribution in [2.45, 2.75) is 26.5 Å². The first-order valence-electron chi connectivity index (χ1n) is 6.76. The number of methoxy groups -OCH3 is 1. The number of halogens is 1. The highest BCUT2D eigenvalue weighted by atomic mass is 35.5. The summed E-state index contributed by atoms with van der Waals surface area (Å²) in [6.45, 7) is 4.16. The Labute approximate surface area is 138 Å². The molecule has 22 heavy (non-hydrogen) atoms. The molecule has 1 atom stereocenters. The average molecular weight is 343 g/mol. The molecule has 0 spiro atoms. The van der Waals surface area contributed by atoms with Crippen molar-refractivity contribution in [3.05, 3.63) is 32.5 Å². The van der Waals surface area contributed by atoms with Gasteiger partial charge in [-0.15, -0.1) is 11.3 Å². The molecule has 0 aliphatic carbocycles. The molecule has 0 saturated heterocycles. The summed E-state index contributed by atoms with van der Waals surface area (Å²) in [5.74, 6) is -0.219. The predicted octanol–water partition coefficient (Wildman–Crippen LogP) is 2.82. The first-order chi connectivity index (χ1) is 10.3. The summed E-state index contributed by atoms with van der Waals surface area (Å²) in [6.07, 6.45) is -0.0485. The van der Waals surface area contributed by atoms with Gasteiger partial charge in [0.15, 0.2) is 5.69 Å². The first-order valence-corrected chi connectivity index (χ1v) is 8.02. The normalized spacial score (nSPS) is 12.5. The van der Waals surface area contributed by atoms with Crippen molar-refractivity contribution >= 4 is 28.8 Å². The summed E-state index contributed by atoms with van der Waals surface area (Å²) in [5.41, 5.74) is 1.86. The fraction of sp³-hybridized carbons (Fsp3) is 0.500. The molecule has 2 rings (SSSR count). The largest absolute Gasteiger partial charge is 0.375 e. The highest BCUT2D eigenvalue weighted by molar-refractivity contribution is 7.09. The Balaban J connectivity index is 2.11. The van der Waals surface area contributed by atoms with E-state index in [1.807, 2.05) is 19.2 Å². The molecule has 2 heterocycles. The highest BCUT2D eigenvalue weighted by Gasteiger charge is 2.22. The van der Waals surface area contributed by atoms with Crippen molar-refractivity contribution in [1.29, 1.82) is 0 Å². The number of amides is 1. The van der Waals surface area contributed by atoms with Gasteiger partial charge in [0.25, 0.3) is 5.91 Å². The van der Waals surface area contributed by atoms with Crippen LogP contribution in [0.2, 0.25) is 5.02 Å². The molecule has 0 aliphatic rings. The van der Waals surface area contributed by atoms with E-state index in [4.69, 9.17) is 16.3 Å². The van der Waals surface area contributed by atoms with Crippen LogP contribution in [0.4, 0.5) is 0 Å². The third kappa shape index (κ3) is 3.31. The zero-order valence-corrected chi connectivity index (χ0v) is 14.8. The Morgan fingerprint density at radius 1 is 1.59 bits per heavy atom. The second-order valence-electron chi connectivity index (χ2n) is 5.09. The van der Waals surface area contributed by atoms with Crippen LogP contribution in [-0.4, -0.2) is 39.7 Å². The van der Waals surface area contributed by atoms with Gasteiger partial charge in [0, 0.05) is 26.6 Å². The molecule has 8 heteroatoms. The van der Waals surface area contributed by atoms with Crippen molar-refractivity contribution in [2.75, 3.05) is 14.2 Å². The minimum atomic E-state index is -0.219. The van der Waals surface area contributed by atoms with Crippen LogP contribution in [0.25, 0.3) is 0 Å². The molecule has 0 aromatic carbocycles. The fourth-order valence-corrected chi connectivity index (χ4v) is 2.98. The van der Waals surface area contributed by atoms with Gasteiger partial charge in [-0.1, -0.05) is 11.6 Å². The maximum Gasteiger partial charge on any atom is 0.276 e. The monoisotopic (exact) mass is 342 g/mol. The van der Waals surface area contributed by atoms with Crippen molar-refractivity contribution in [3.63, 3.8) is 0 Å². The highest BCUT2D eigenvalue weighted by Crippen LogP contribution is 2.23. The minimum absolute atomic E-state index is 0.0485. The van der Waals surface area contributed by atoms with Gasteiger partial charge in [-0.3, -0.25) is 9.48 Å². The minimum Gasteiger partial charge on any atom is -0.375 e. The average Bonchev–Trinajstić information content (AvgIpc) is 3.06. The molecule has 0 fully saturated rings. The maximum absolute atomic E-state index is 12.4. The van der Waals surface area contributed by atoms with Crippen LogP contribution in [0.15, 0.2) is 5.38 Å². The van der Waals surface area contributed by atoms with Gasteiger partial charge < -0.3 is 9.64 Å². The third-order valence-corrected chi connectivity index (χ3v) is 4.99. The van der Waals surface area contributed by atoms with E-state index >= 15 is 0 Å². The molecule has 120 valence electrons. The Kier molecular flexibility index (Phi) is 5.20. The Morgan fingerprint density at radius 2 is 2.27 bits per heavy atom. The fourth-order valence-electron chi connectivity index (χ4n) is 1.90. The number of nitrogens with zero attached hydrogens (tertiary/aromatic N) is 4. The second-order valence-corrected chi connectivity index (χ2v) is 6.36. The van der Waals surface area contributed by atoms with E-state index in [2.05, 4.69) is 10.1 Å². The molecule has 2 aromatic rings. The molecule has 0 N–H and O–H groups in total. The van der Waals surface area contributed by atoms with Crippen LogP contribution in [0.3, 0.4) is 0 Å². The number of carbonyl (C=O) groups is 1. The number of ether oxygens (including phenoxy) is 1. The number of hydrogen-bond acceptors (Lipinski definition) is 5. The standard InChI is InChI=1S/C14H19ClN4O2S/c1-8-11(15)12(17-19(8)4)14(20)18(3)6-10-7-22-13(16-10)9(2)21-5/h7,9H,6H2,1-5H3. The van der Waals surface area contributed by atoms with Crippen LogP contribution in [0, 0.1) is 6.92 Å². The summed E-state index contributed by atoms with van der Waals surface area (Å²) in [4.78, 5) is 18.5. The molecule has 6 nitrogen and oxygen atoms in total. The van der Waals surface area contributed by atoms with E-state index < -0.39 is 0 Å². The lowest BCUT2D eigenvalue weighted by Crippen LogP contribution is -2.27. The summed E-state index contributed by atoms with van der Waals surface area (Å²) in [7, 11) is 5.12. The van der Waals surface area contributed by atoms with Gasteiger partial charge in [-0.05, 0) is 13.8 Å². The number of rotatable bonds is 5. The Hall–Kier alpha value is -1.44. The van der Waals surface area contributed by atoms with Gasteiger partial charge in [-0.2, -0.15) is 5.10 Å². The molecule has 2 aromatic heterocycles. The lowest BCUT2D eigenvalue weighted by molar-refractivity contribution is 0.0776. The van der Waals surface area contributed by atoms with Gasteiger partial charge in [0.05, 0.1) is 23.0 Å². The zero-order chi connectivity index (χ0) is 16.4. The van der Waals surface area contributed by atoms with E-state index in [-0.39, 0.29) is 17.7 Å². The number of hydrogen-bond donors (Lipinski definition) is 0. The van der Waals surface area contributed by atoms with Gasteiger partial charge in [0.2, 0.25) is 0 Å². The zero-order valence-electron chi connectivity index (χ0n) is 13.3. The topological polar surface area (TPSA) is 60.2 Å². The molecule has 0 aliphatic heterocycles. The smallest absolute Gasteiger partial charge is 0.276 e. The van der Waals surface area contributed by atoms with Crippen molar-refractivity contribution in [2.24, 2.45) is 7.05 Å². The predicted molar refractivity (Wildman–Crippen MR) is 86.3 cm³/mol. The van der Waals surface area contributed by atoms with Crippen LogP contribution >= 0.6 is 22.9 Å². The molecule has 0 radical (unpaired) electrons. The number of thiazole rings is 1. The molecule has 1 amide bonds. The SMILES string of the molecule is COC(C)c1nc(CN(C)C(=O)c2nn(C)c(C)c2Cl)cs1. The third-order valence-electron chi connectivity index (χ3n) is 3.48. The van der Waals surface area contributed by atoms with Gasteiger partial charge in [-0.25, -0.2) is 4.98 Å². The number of carbonyl (C=O) groups excluding carboxylic acids is 1. The van der Waals surface area contributed by atoms with Crippen molar-refractivity contribution in [3.8, 4) is 0 Å². The van der Waals surface area contributed by atoms with Gasteiger partial charge in [0.1, 0.15) is 11.1 Å². The summed E-state index contributed by atoms with van der Waals surface area (Å²) in [5, 5.41) is 7.39. The van der Waals surface area contributed by atoms with Crippen molar-refractivity contribution < 1.29 is 9.53 Å². The van der Waals surface area contributed by atoms with E-state index in [0.29, 0.717) is 11.6 Å². The summed E-state index contributed by atoms with van der Waals surface area (Å²) >= 11 is 7.68.